The largest absolute Gasteiger partial charge is 0.280 e. The van der Waals surface area contributed by atoms with Crippen molar-refractivity contribution in [3.05, 3.63) is 24.3 Å². The number of hydrogen-bond acceptors (Lipinski definition) is 2. The number of rotatable bonds is 9. The number of nitriles is 1. The highest BCUT2D eigenvalue weighted by atomic mass is 14.9. The standard InChI is InChI=1S/C22H34N2/c1-2-3-4-5-6-7-8-13-17-22(18-14-19-24-22)21(20-23)15-11-9-10-12-16-21/h8,13-14,18-19H,2-7,9-12,15-17H2,1H3. The minimum absolute atomic E-state index is 0.307. The molecule has 0 aromatic rings. The third-order valence-corrected chi connectivity index (χ3v) is 5.83. The summed E-state index contributed by atoms with van der Waals surface area (Å²) in [6.45, 7) is 2.26. The summed E-state index contributed by atoms with van der Waals surface area (Å²) >= 11 is 0. The quantitative estimate of drug-likeness (QED) is 0.269. The van der Waals surface area contributed by atoms with Crippen LogP contribution in [0.4, 0.5) is 0 Å². The molecule has 2 aliphatic rings. The molecule has 0 aromatic heterocycles. The van der Waals surface area contributed by atoms with Crippen LogP contribution in [-0.4, -0.2) is 11.8 Å². The van der Waals surface area contributed by atoms with Crippen LogP contribution in [0.25, 0.3) is 0 Å². The van der Waals surface area contributed by atoms with Crippen LogP contribution in [0, 0.1) is 16.7 Å². The Hall–Kier alpha value is -1.36. The van der Waals surface area contributed by atoms with Gasteiger partial charge in [-0.15, -0.1) is 0 Å². The average Bonchev–Trinajstić information content (AvgIpc) is 2.95. The molecule has 24 heavy (non-hydrogen) atoms. The van der Waals surface area contributed by atoms with Gasteiger partial charge in [0.1, 0.15) is 5.54 Å². The second kappa shape index (κ2) is 9.82. The van der Waals surface area contributed by atoms with Crippen molar-refractivity contribution >= 4 is 6.21 Å². The SMILES string of the molecule is CCCCCCCC=CCC1(C2(C#N)CCCCCC2)C=CC=N1. The minimum atomic E-state index is -0.315. The summed E-state index contributed by atoms with van der Waals surface area (Å²) in [5, 5.41) is 10.0. The molecule has 0 spiro atoms. The molecule has 1 heterocycles. The molecule has 1 fully saturated rings. The lowest BCUT2D eigenvalue weighted by molar-refractivity contribution is 0.213. The highest BCUT2D eigenvalue weighted by Crippen LogP contribution is 2.49. The van der Waals surface area contributed by atoms with Gasteiger partial charge >= 0.3 is 0 Å². The van der Waals surface area contributed by atoms with Crippen LogP contribution < -0.4 is 0 Å². The second-order valence-electron chi connectivity index (χ2n) is 7.55. The summed E-state index contributed by atoms with van der Waals surface area (Å²) in [6.07, 6.45) is 26.3. The summed E-state index contributed by atoms with van der Waals surface area (Å²) < 4.78 is 0. The van der Waals surface area contributed by atoms with E-state index in [9.17, 15) is 5.26 Å². The molecule has 2 nitrogen and oxygen atoms in total. The molecule has 0 bridgehead atoms. The summed E-state index contributed by atoms with van der Waals surface area (Å²) in [4.78, 5) is 4.82. The van der Waals surface area contributed by atoms with E-state index < -0.39 is 0 Å². The van der Waals surface area contributed by atoms with E-state index in [1.54, 1.807) is 0 Å². The van der Waals surface area contributed by atoms with Crippen LogP contribution in [0.3, 0.4) is 0 Å². The van der Waals surface area contributed by atoms with Gasteiger partial charge in [0.15, 0.2) is 0 Å². The first kappa shape index (κ1) is 19.0. The lowest BCUT2D eigenvalue weighted by atomic mass is 9.64. The van der Waals surface area contributed by atoms with Crippen molar-refractivity contribution in [1.29, 1.82) is 5.26 Å². The molecule has 0 saturated heterocycles. The molecule has 1 saturated carbocycles. The average molecular weight is 327 g/mol. The molecule has 2 heteroatoms. The topological polar surface area (TPSA) is 36.1 Å². The van der Waals surface area contributed by atoms with Gasteiger partial charge in [-0.25, -0.2) is 0 Å². The van der Waals surface area contributed by atoms with Gasteiger partial charge in [0.2, 0.25) is 0 Å². The Morgan fingerprint density at radius 3 is 2.42 bits per heavy atom. The van der Waals surface area contributed by atoms with Crippen molar-refractivity contribution in [2.24, 2.45) is 10.4 Å². The highest BCUT2D eigenvalue weighted by Gasteiger charge is 2.50. The van der Waals surface area contributed by atoms with Gasteiger partial charge in [-0.05, 0) is 38.2 Å². The van der Waals surface area contributed by atoms with E-state index in [0.717, 1.165) is 25.7 Å². The van der Waals surface area contributed by atoms with Gasteiger partial charge in [0.25, 0.3) is 0 Å². The summed E-state index contributed by atoms with van der Waals surface area (Å²) in [7, 11) is 0. The van der Waals surface area contributed by atoms with E-state index in [4.69, 9.17) is 4.99 Å². The van der Waals surface area contributed by atoms with Gasteiger partial charge in [-0.3, -0.25) is 4.99 Å². The van der Waals surface area contributed by atoms with E-state index in [0.29, 0.717) is 0 Å². The smallest absolute Gasteiger partial charge is 0.101 e. The maximum atomic E-state index is 10.0. The number of unbranched alkanes of at least 4 members (excludes halogenated alkanes) is 5. The molecule has 0 N–H and O–H groups in total. The molecular formula is C22H34N2. The Bertz CT molecular complexity index is 473. The molecule has 1 atom stereocenters. The molecule has 2 rings (SSSR count). The monoisotopic (exact) mass is 326 g/mol. The molecule has 0 aromatic carbocycles. The zero-order valence-electron chi connectivity index (χ0n) is 15.5. The fourth-order valence-corrected chi connectivity index (χ4v) is 4.24. The first-order valence-electron chi connectivity index (χ1n) is 10.1. The first-order chi connectivity index (χ1) is 11.8. The lowest BCUT2D eigenvalue weighted by Gasteiger charge is -2.40. The normalized spacial score (nSPS) is 25.8. The molecule has 1 aliphatic heterocycles. The molecule has 0 amide bonds. The Morgan fingerprint density at radius 2 is 1.79 bits per heavy atom. The Balaban J connectivity index is 1.94. The Kier molecular flexibility index (Phi) is 7.76. The minimum Gasteiger partial charge on any atom is -0.280 e. The number of nitrogens with zero attached hydrogens (tertiary/aromatic N) is 2. The fraction of sp³-hybridized carbons (Fsp3) is 0.727. The van der Waals surface area contributed by atoms with Crippen molar-refractivity contribution in [1.82, 2.24) is 0 Å². The summed E-state index contributed by atoms with van der Waals surface area (Å²) in [6, 6.07) is 2.72. The van der Waals surface area contributed by atoms with E-state index in [2.05, 4.69) is 31.2 Å². The van der Waals surface area contributed by atoms with Crippen molar-refractivity contribution in [3.63, 3.8) is 0 Å². The predicted molar refractivity (Wildman–Crippen MR) is 103 cm³/mol. The van der Waals surface area contributed by atoms with Gasteiger partial charge < -0.3 is 0 Å². The fourth-order valence-electron chi connectivity index (χ4n) is 4.24. The van der Waals surface area contributed by atoms with Crippen molar-refractivity contribution < 1.29 is 0 Å². The third-order valence-electron chi connectivity index (χ3n) is 5.83. The Morgan fingerprint density at radius 1 is 1.04 bits per heavy atom. The van der Waals surface area contributed by atoms with E-state index in [1.807, 2.05) is 12.3 Å². The van der Waals surface area contributed by atoms with Crippen molar-refractivity contribution in [2.75, 3.05) is 0 Å². The second-order valence-corrected chi connectivity index (χ2v) is 7.55. The zero-order valence-corrected chi connectivity index (χ0v) is 15.5. The van der Waals surface area contributed by atoms with Crippen LogP contribution >= 0.6 is 0 Å². The van der Waals surface area contributed by atoms with Crippen LogP contribution in [0.15, 0.2) is 29.3 Å². The number of hydrogen-bond donors (Lipinski definition) is 0. The van der Waals surface area contributed by atoms with E-state index in [1.165, 1.54) is 57.8 Å². The van der Waals surface area contributed by atoms with Crippen molar-refractivity contribution in [3.8, 4) is 6.07 Å². The first-order valence-corrected chi connectivity index (χ1v) is 10.1. The zero-order chi connectivity index (χ0) is 17.1. The van der Waals surface area contributed by atoms with Crippen LogP contribution in [0.2, 0.25) is 0 Å². The number of allylic oxidation sites excluding steroid dienone is 2. The van der Waals surface area contributed by atoms with Gasteiger partial charge in [-0.1, -0.05) is 76.5 Å². The lowest BCUT2D eigenvalue weighted by Crippen LogP contribution is -2.43. The van der Waals surface area contributed by atoms with Gasteiger partial charge in [0, 0.05) is 6.21 Å². The molecule has 1 unspecified atom stereocenters. The summed E-state index contributed by atoms with van der Waals surface area (Å²) in [5.41, 5.74) is -0.622. The number of aliphatic imine (C=N–C) groups is 1. The molecule has 132 valence electrons. The molecule has 1 aliphatic carbocycles. The van der Waals surface area contributed by atoms with Crippen LogP contribution in [0.5, 0.6) is 0 Å². The maximum Gasteiger partial charge on any atom is 0.101 e. The van der Waals surface area contributed by atoms with Crippen molar-refractivity contribution in [2.45, 2.75) is 95.9 Å². The molecule has 0 radical (unpaired) electrons. The van der Waals surface area contributed by atoms with Gasteiger partial charge in [0.05, 0.1) is 11.5 Å². The van der Waals surface area contributed by atoms with E-state index in [-0.39, 0.29) is 11.0 Å². The van der Waals surface area contributed by atoms with Crippen LogP contribution in [0.1, 0.15) is 90.4 Å². The van der Waals surface area contributed by atoms with Gasteiger partial charge in [-0.2, -0.15) is 5.26 Å². The maximum absolute atomic E-state index is 10.0. The van der Waals surface area contributed by atoms with Crippen LogP contribution in [-0.2, 0) is 0 Å². The third kappa shape index (κ3) is 4.59. The summed E-state index contributed by atoms with van der Waals surface area (Å²) in [5.74, 6) is 0. The predicted octanol–water partition coefficient (Wildman–Crippen LogP) is 6.54. The molecular weight excluding hydrogens is 292 g/mol. The van der Waals surface area contributed by atoms with E-state index >= 15 is 0 Å². The Labute approximate surface area is 148 Å². The highest BCUT2D eigenvalue weighted by molar-refractivity contribution is 5.76.